The zero-order chi connectivity index (χ0) is 14.4. The van der Waals surface area contributed by atoms with E-state index < -0.39 is 0 Å². The second-order valence-corrected chi connectivity index (χ2v) is 7.58. The van der Waals surface area contributed by atoms with Crippen LogP contribution in [-0.2, 0) is 0 Å². The maximum Gasteiger partial charge on any atom is -0.0155 e. The van der Waals surface area contributed by atoms with Gasteiger partial charge in [0, 0.05) is 0 Å². The SMILES string of the molecule is CCCCCCCCCCCCCC(P)(CC)CC. The largest absolute Gasteiger partial charge is 0.131 e. The fourth-order valence-electron chi connectivity index (χ4n) is 2.74. The van der Waals surface area contributed by atoms with Gasteiger partial charge in [0.2, 0.25) is 0 Å². The molecule has 19 heavy (non-hydrogen) atoms. The first-order chi connectivity index (χ1) is 9.18. The first-order valence-electron chi connectivity index (χ1n) is 8.97. The topological polar surface area (TPSA) is 0 Å². The smallest absolute Gasteiger partial charge is 0.0155 e. The summed E-state index contributed by atoms with van der Waals surface area (Å²) in [5.74, 6) is 0. The molecule has 0 spiro atoms. The van der Waals surface area contributed by atoms with Gasteiger partial charge in [0.25, 0.3) is 0 Å². The molecule has 0 aliphatic carbocycles. The molecule has 0 fully saturated rings. The normalized spacial score (nSPS) is 12.0. The van der Waals surface area contributed by atoms with Crippen LogP contribution in [-0.4, -0.2) is 5.16 Å². The Morgan fingerprint density at radius 2 is 0.947 bits per heavy atom. The van der Waals surface area contributed by atoms with Crippen molar-refractivity contribution < 1.29 is 0 Å². The third-order valence-electron chi connectivity index (χ3n) is 4.69. The zero-order valence-electron chi connectivity index (χ0n) is 14.0. The molecule has 0 bridgehead atoms. The molecule has 0 saturated carbocycles. The van der Waals surface area contributed by atoms with Crippen LogP contribution in [0.15, 0.2) is 0 Å². The number of hydrogen-bond acceptors (Lipinski definition) is 0. The van der Waals surface area contributed by atoms with Crippen molar-refractivity contribution in [2.24, 2.45) is 0 Å². The summed E-state index contributed by atoms with van der Waals surface area (Å²) in [7, 11) is 3.10. The molecule has 0 aliphatic rings. The summed E-state index contributed by atoms with van der Waals surface area (Å²) >= 11 is 0. The molecule has 0 nitrogen and oxygen atoms in total. The summed E-state index contributed by atoms with van der Waals surface area (Å²) in [5.41, 5.74) is 0. The monoisotopic (exact) mass is 286 g/mol. The number of hydrogen-bond donors (Lipinski definition) is 0. The summed E-state index contributed by atoms with van der Waals surface area (Å²) in [4.78, 5) is 0. The van der Waals surface area contributed by atoms with Gasteiger partial charge < -0.3 is 0 Å². The van der Waals surface area contributed by atoms with Crippen molar-refractivity contribution in [3.63, 3.8) is 0 Å². The summed E-state index contributed by atoms with van der Waals surface area (Å²) < 4.78 is 0. The number of unbranched alkanes of at least 4 members (excludes halogenated alkanes) is 10. The lowest BCUT2D eigenvalue weighted by molar-refractivity contribution is 0.465. The molecule has 0 heterocycles. The lowest BCUT2D eigenvalue weighted by atomic mass is 9.94. The van der Waals surface area contributed by atoms with Crippen LogP contribution in [0, 0.1) is 0 Å². The van der Waals surface area contributed by atoms with E-state index in [1.54, 1.807) is 0 Å². The van der Waals surface area contributed by atoms with E-state index in [1.165, 1.54) is 89.9 Å². The van der Waals surface area contributed by atoms with Crippen LogP contribution in [0.3, 0.4) is 0 Å². The maximum absolute atomic E-state index is 3.10. The first kappa shape index (κ1) is 19.4. The van der Waals surface area contributed by atoms with Gasteiger partial charge in [-0.2, -0.15) is 0 Å². The Morgan fingerprint density at radius 1 is 0.579 bits per heavy atom. The van der Waals surface area contributed by atoms with Crippen LogP contribution in [0.2, 0.25) is 0 Å². The highest BCUT2D eigenvalue weighted by Gasteiger charge is 2.18. The maximum atomic E-state index is 3.10. The standard InChI is InChI=1S/C18H39P/c1-4-7-8-9-10-11-12-13-14-15-16-17-18(19,5-2)6-3/h4-17,19H2,1-3H3. The summed E-state index contributed by atoms with van der Waals surface area (Å²) in [6.07, 6.45) is 20.0. The molecule has 1 unspecified atom stereocenters. The second-order valence-electron chi connectivity index (χ2n) is 6.36. The molecule has 0 N–H and O–H groups in total. The van der Waals surface area contributed by atoms with Crippen LogP contribution in [0.4, 0.5) is 0 Å². The Labute approximate surface area is 125 Å². The highest BCUT2D eigenvalue weighted by atomic mass is 31.0. The van der Waals surface area contributed by atoms with Crippen LogP contribution in [0.25, 0.3) is 0 Å². The molecule has 0 amide bonds. The van der Waals surface area contributed by atoms with Crippen molar-refractivity contribution in [3.8, 4) is 0 Å². The highest BCUT2D eigenvalue weighted by Crippen LogP contribution is 2.32. The van der Waals surface area contributed by atoms with Crippen molar-refractivity contribution in [2.75, 3.05) is 0 Å². The van der Waals surface area contributed by atoms with E-state index in [1.807, 2.05) is 0 Å². The van der Waals surface area contributed by atoms with E-state index in [2.05, 4.69) is 30.0 Å². The quantitative estimate of drug-likeness (QED) is 0.235. The molecule has 0 aliphatic heterocycles. The average Bonchev–Trinajstić information content (AvgIpc) is 2.44. The minimum Gasteiger partial charge on any atom is -0.131 e. The van der Waals surface area contributed by atoms with E-state index in [0.717, 1.165) is 0 Å². The van der Waals surface area contributed by atoms with Crippen LogP contribution in [0.1, 0.15) is 111 Å². The predicted octanol–water partition coefficient (Wildman–Crippen LogP) is 7.12. The van der Waals surface area contributed by atoms with Crippen molar-refractivity contribution in [2.45, 2.75) is 116 Å². The Balaban J connectivity index is 3.19. The second kappa shape index (κ2) is 13.4. The lowest BCUT2D eigenvalue weighted by Gasteiger charge is -2.26. The molecule has 0 aromatic carbocycles. The van der Waals surface area contributed by atoms with Gasteiger partial charge in [0.15, 0.2) is 0 Å². The van der Waals surface area contributed by atoms with Gasteiger partial charge in [-0.1, -0.05) is 91.4 Å². The van der Waals surface area contributed by atoms with Crippen LogP contribution < -0.4 is 0 Å². The number of rotatable bonds is 14. The molecule has 1 heteroatoms. The fraction of sp³-hybridized carbons (Fsp3) is 1.00. The molecule has 0 aromatic rings. The van der Waals surface area contributed by atoms with E-state index in [4.69, 9.17) is 0 Å². The van der Waals surface area contributed by atoms with E-state index in [-0.39, 0.29) is 0 Å². The Bertz CT molecular complexity index is 173. The molecule has 0 rings (SSSR count). The fourth-order valence-corrected chi connectivity index (χ4v) is 2.95. The molecule has 116 valence electrons. The molecular weight excluding hydrogens is 247 g/mol. The van der Waals surface area contributed by atoms with Crippen molar-refractivity contribution >= 4 is 9.24 Å². The Kier molecular flexibility index (Phi) is 13.7. The lowest BCUT2D eigenvalue weighted by Crippen LogP contribution is -2.17. The highest BCUT2D eigenvalue weighted by molar-refractivity contribution is 7.18. The third kappa shape index (κ3) is 11.9. The average molecular weight is 286 g/mol. The third-order valence-corrected chi connectivity index (χ3v) is 5.79. The minimum atomic E-state index is 0.541. The van der Waals surface area contributed by atoms with Gasteiger partial charge in [0.05, 0.1) is 0 Å². The minimum absolute atomic E-state index is 0.541. The van der Waals surface area contributed by atoms with E-state index >= 15 is 0 Å². The van der Waals surface area contributed by atoms with Crippen LogP contribution in [0.5, 0.6) is 0 Å². The molecule has 1 atom stereocenters. The molecule has 0 radical (unpaired) electrons. The van der Waals surface area contributed by atoms with Gasteiger partial charge in [-0.25, -0.2) is 0 Å². The zero-order valence-corrected chi connectivity index (χ0v) is 15.1. The molecule has 0 aromatic heterocycles. The predicted molar refractivity (Wildman–Crippen MR) is 94.1 cm³/mol. The Hall–Kier alpha value is 0.430. The van der Waals surface area contributed by atoms with Crippen LogP contribution >= 0.6 is 9.24 Å². The van der Waals surface area contributed by atoms with E-state index in [0.29, 0.717) is 5.16 Å². The van der Waals surface area contributed by atoms with Gasteiger partial charge >= 0.3 is 0 Å². The van der Waals surface area contributed by atoms with Gasteiger partial charge in [-0.3, -0.25) is 0 Å². The molecular formula is C18H39P. The van der Waals surface area contributed by atoms with Crippen molar-refractivity contribution in [1.29, 1.82) is 0 Å². The van der Waals surface area contributed by atoms with Crippen molar-refractivity contribution in [3.05, 3.63) is 0 Å². The first-order valence-corrected chi connectivity index (χ1v) is 9.55. The van der Waals surface area contributed by atoms with Gasteiger partial charge in [-0.15, -0.1) is 9.24 Å². The van der Waals surface area contributed by atoms with Gasteiger partial charge in [-0.05, 0) is 24.4 Å². The summed E-state index contributed by atoms with van der Waals surface area (Å²) in [5, 5.41) is 0.541. The van der Waals surface area contributed by atoms with E-state index in [9.17, 15) is 0 Å². The molecule has 0 saturated heterocycles. The van der Waals surface area contributed by atoms with Gasteiger partial charge in [0.1, 0.15) is 0 Å². The summed E-state index contributed by atoms with van der Waals surface area (Å²) in [6, 6.07) is 0. The van der Waals surface area contributed by atoms with Crippen molar-refractivity contribution in [1.82, 2.24) is 0 Å². The Morgan fingerprint density at radius 3 is 1.32 bits per heavy atom. The summed E-state index contributed by atoms with van der Waals surface area (Å²) in [6.45, 7) is 6.95.